The van der Waals surface area contributed by atoms with Crippen LogP contribution >= 0.6 is 0 Å². The first-order valence-corrected chi connectivity index (χ1v) is 11.3. The van der Waals surface area contributed by atoms with Gasteiger partial charge in [0.1, 0.15) is 0 Å². The minimum atomic E-state index is 0.507. The third-order valence-corrected chi connectivity index (χ3v) is 6.15. The molecule has 0 bridgehead atoms. The highest BCUT2D eigenvalue weighted by Gasteiger charge is 2.19. The van der Waals surface area contributed by atoms with Crippen LogP contribution in [0.1, 0.15) is 90.9 Å². The van der Waals surface area contributed by atoms with E-state index in [2.05, 4.69) is 50.0 Å². The molecule has 0 heterocycles. The van der Waals surface area contributed by atoms with Gasteiger partial charge in [-0.3, -0.25) is 0 Å². The lowest BCUT2D eigenvalue weighted by Crippen LogP contribution is -2.21. The Morgan fingerprint density at radius 3 is 1.88 bits per heavy atom. The van der Waals surface area contributed by atoms with Crippen LogP contribution in [0.4, 0.5) is 0 Å². The Bertz CT molecular complexity index is 462. The predicted molar refractivity (Wildman–Crippen MR) is 113 cm³/mol. The zero-order chi connectivity index (χ0) is 18.5. The third kappa shape index (κ3) is 8.59. The SMILES string of the molecule is CCCCOC1CCC(/C=C/C#C/C=C/C2CCC(CCC)CC2)CC1. The first-order valence-electron chi connectivity index (χ1n) is 11.3. The zero-order valence-corrected chi connectivity index (χ0v) is 17.2. The van der Waals surface area contributed by atoms with Crippen LogP contribution in [-0.2, 0) is 4.74 Å². The summed E-state index contributed by atoms with van der Waals surface area (Å²) in [5, 5.41) is 0. The average Bonchev–Trinajstić information content (AvgIpc) is 2.67. The third-order valence-electron chi connectivity index (χ3n) is 6.15. The summed E-state index contributed by atoms with van der Waals surface area (Å²) in [6, 6.07) is 0. The summed E-state index contributed by atoms with van der Waals surface area (Å²) in [7, 11) is 0. The van der Waals surface area contributed by atoms with E-state index in [4.69, 9.17) is 4.74 Å². The standard InChI is InChI=1S/C25H40O/c1-3-5-21-26-25-19-17-24(18-20-25)12-9-7-6-8-11-23-15-13-22(10-4-2)14-16-23/h8-9,11-12,22-25H,3-5,10,13-21H2,1-2H3/b11-8+,12-9+. The lowest BCUT2D eigenvalue weighted by molar-refractivity contribution is 0.0209. The molecule has 146 valence electrons. The first kappa shape index (κ1) is 21.3. The summed E-state index contributed by atoms with van der Waals surface area (Å²) >= 11 is 0. The average molecular weight is 357 g/mol. The zero-order valence-electron chi connectivity index (χ0n) is 17.2. The maximum Gasteiger partial charge on any atom is 0.0575 e. The predicted octanol–water partition coefficient (Wildman–Crippen LogP) is 7.08. The fourth-order valence-electron chi connectivity index (χ4n) is 4.38. The number of rotatable bonds is 8. The summed E-state index contributed by atoms with van der Waals surface area (Å²) in [4.78, 5) is 0. The van der Waals surface area contributed by atoms with E-state index in [1.54, 1.807) is 0 Å². The van der Waals surface area contributed by atoms with Gasteiger partial charge in [0.2, 0.25) is 0 Å². The second kappa shape index (κ2) is 13.2. The lowest BCUT2D eigenvalue weighted by atomic mass is 9.80. The number of hydrogen-bond donors (Lipinski definition) is 0. The highest BCUT2D eigenvalue weighted by atomic mass is 16.5. The van der Waals surface area contributed by atoms with E-state index < -0.39 is 0 Å². The van der Waals surface area contributed by atoms with E-state index in [1.165, 1.54) is 77.0 Å². The summed E-state index contributed by atoms with van der Waals surface area (Å²) in [6.07, 6.45) is 25.0. The molecule has 2 saturated carbocycles. The molecule has 2 rings (SSSR count). The Morgan fingerprint density at radius 1 is 0.769 bits per heavy atom. The van der Waals surface area contributed by atoms with Crippen molar-refractivity contribution in [2.24, 2.45) is 17.8 Å². The molecule has 0 spiro atoms. The van der Waals surface area contributed by atoms with E-state index in [0.29, 0.717) is 12.0 Å². The Balaban J connectivity index is 1.58. The molecule has 0 amide bonds. The van der Waals surface area contributed by atoms with Crippen molar-refractivity contribution in [3.05, 3.63) is 24.3 Å². The number of allylic oxidation sites excluding steroid dienone is 4. The molecule has 0 saturated heterocycles. The Morgan fingerprint density at radius 2 is 1.35 bits per heavy atom. The fraction of sp³-hybridized carbons (Fsp3) is 0.760. The van der Waals surface area contributed by atoms with Crippen molar-refractivity contribution < 1.29 is 4.74 Å². The Kier molecular flexibility index (Phi) is 10.8. The van der Waals surface area contributed by atoms with Crippen LogP contribution in [0.15, 0.2) is 24.3 Å². The Hall–Kier alpha value is -1.00. The van der Waals surface area contributed by atoms with E-state index in [9.17, 15) is 0 Å². The molecular weight excluding hydrogens is 316 g/mol. The number of unbranched alkanes of at least 4 members (excludes halogenated alkanes) is 1. The van der Waals surface area contributed by atoms with Crippen molar-refractivity contribution in [1.82, 2.24) is 0 Å². The van der Waals surface area contributed by atoms with Gasteiger partial charge in [0, 0.05) is 6.61 Å². The van der Waals surface area contributed by atoms with Gasteiger partial charge in [-0.15, -0.1) is 0 Å². The van der Waals surface area contributed by atoms with Crippen LogP contribution in [0.25, 0.3) is 0 Å². The molecule has 0 aromatic rings. The van der Waals surface area contributed by atoms with Gasteiger partial charge in [0.25, 0.3) is 0 Å². The number of hydrogen-bond acceptors (Lipinski definition) is 1. The van der Waals surface area contributed by atoms with Crippen molar-refractivity contribution in [2.75, 3.05) is 6.61 Å². The topological polar surface area (TPSA) is 9.23 Å². The normalized spacial score (nSPS) is 29.8. The van der Waals surface area contributed by atoms with Gasteiger partial charge in [0.05, 0.1) is 6.10 Å². The number of ether oxygens (including phenoxy) is 1. The molecule has 2 aliphatic rings. The molecular formula is C25H40O. The maximum atomic E-state index is 5.95. The van der Waals surface area contributed by atoms with E-state index >= 15 is 0 Å². The molecule has 0 N–H and O–H groups in total. The largest absolute Gasteiger partial charge is 0.378 e. The van der Waals surface area contributed by atoms with Gasteiger partial charge in [-0.25, -0.2) is 0 Å². The van der Waals surface area contributed by atoms with Crippen LogP contribution in [0.5, 0.6) is 0 Å². The highest BCUT2D eigenvalue weighted by Crippen LogP contribution is 2.32. The molecule has 0 aromatic heterocycles. The van der Waals surface area contributed by atoms with Crippen LogP contribution in [0.3, 0.4) is 0 Å². The quantitative estimate of drug-likeness (QED) is 0.333. The second-order valence-corrected chi connectivity index (χ2v) is 8.34. The van der Waals surface area contributed by atoms with Gasteiger partial charge in [-0.05, 0) is 87.7 Å². The molecule has 2 aliphatic carbocycles. The van der Waals surface area contributed by atoms with Gasteiger partial charge in [0.15, 0.2) is 0 Å². The van der Waals surface area contributed by atoms with Gasteiger partial charge >= 0.3 is 0 Å². The molecule has 0 aliphatic heterocycles. The Labute approximate surface area is 162 Å². The van der Waals surface area contributed by atoms with E-state index in [-0.39, 0.29) is 0 Å². The van der Waals surface area contributed by atoms with Crippen molar-refractivity contribution in [3.63, 3.8) is 0 Å². The molecule has 26 heavy (non-hydrogen) atoms. The maximum absolute atomic E-state index is 5.95. The fourth-order valence-corrected chi connectivity index (χ4v) is 4.38. The molecule has 1 heteroatoms. The molecule has 0 unspecified atom stereocenters. The summed E-state index contributed by atoms with van der Waals surface area (Å²) in [5.74, 6) is 8.88. The van der Waals surface area contributed by atoms with Crippen molar-refractivity contribution >= 4 is 0 Å². The van der Waals surface area contributed by atoms with Gasteiger partial charge in [-0.1, -0.05) is 57.1 Å². The van der Waals surface area contributed by atoms with Crippen LogP contribution in [0, 0.1) is 29.6 Å². The van der Waals surface area contributed by atoms with Gasteiger partial charge in [-0.2, -0.15) is 0 Å². The smallest absolute Gasteiger partial charge is 0.0575 e. The summed E-state index contributed by atoms with van der Waals surface area (Å²) in [6.45, 7) is 5.47. The molecule has 0 aromatic carbocycles. The molecule has 2 fully saturated rings. The van der Waals surface area contributed by atoms with Crippen molar-refractivity contribution in [3.8, 4) is 11.8 Å². The van der Waals surface area contributed by atoms with Gasteiger partial charge < -0.3 is 4.74 Å². The minimum absolute atomic E-state index is 0.507. The van der Waals surface area contributed by atoms with Crippen LogP contribution < -0.4 is 0 Å². The van der Waals surface area contributed by atoms with E-state index in [1.807, 2.05) is 0 Å². The molecule has 0 radical (unpaired) electrons. The monoisotopic (exact) mass is 356 g/mol. The summed E-state index contributed by atoms with van der Waals surface area (Å²) in [5.41, 5.74) is 0. The second-order valence-electron chi connectivity index (χ2n) is 8.34. The van der Waals surface area contributed by atoms with Crippen molar-refractivity contribution in [1.29, 1.82) is 0 Å². The van der Waals surface area contributed by atoms with E-state index in [0.717, 1.165) is 18.4 Å². The highest BCUT2D eigenvalue weighted by molar-refractivity contribution is 5.24. The minimum Gasteiger partial charge on any atom is -0.378 e. The van der Waals surface area contributed by atoms with Crippen LogP contribution in [0.2, 0.25) is 0 Å². The van der Waals surface area contributed by atoms with Crippen molar-refractivity contribution in [2.45, 2.75) is 97.0 Å². The molecule has 0 atom stereocenters. The summed E-state index contributed by atoms with van der Waals surface area (Å²) < 4.78 is 5.95. The first-order chi connectivity index (χ1) is 12.8. The lowest BCUT2D eigenvalue weighted by Gasteiger charge is -2.26. The van der Waals surface area contributed by atoms with Crippen LogP contribution in [-0.4, -0.2) is 12.7 Å². The molecule has 1 nitrogen and oxygen atoms in total.